The predicted molar refractivity (Wildman–Crippen MR) is 140 cm³/mol. The number of benzene rings is 3. The Morgan fingerprint density at radius 2 is 1.79 bits per heavy atom. The summed E-state index contributed by atoms with van der Waals surface area (Å²) >= 11 is 2.17. The van der Waals surface area contributed by atoms with Crippen LogP contribution in [0, 0.1) is 13.7 Å². The third-order valence-corrected chi connectivity index (χ3v) is 6.32. The predicted octanol–water partition coefficient (Wildman–Crippen LogP) is 5.14. The molecule has 0 spiro atoms. The summed E-state index contributed by atoms with van der Waals surface area (Å²) in [6, 6.07) is 19.4. The van der Waals surface area contributed by atoms with E-state index in [9.17, 15) is 14.9 Å². The van der Waals surface area contributed by atoms with E-state index >= 15 is 0 Å². The average molecular weight is 570 g/mol. The van der Waals surface area contributed by atoms with Crippen LogP contribution in [0.2, 0.25) is 0 Å². The van der Waals surface area contributed by atoms with E-state index in [0.717, 1.165) is 33.5 Å². The number of nitrogens with zero attached hydrogens (tertiary/aromatic N) is 3. The lowest BCUT2D eigenvalue weighted by Gasteiger charge is -2.17. The number of carbonyl (C=O) groups is 1. The first-order valence-corrected chi connectivity index (χ1v) is 11.9. The number of anilines is 1. The van der Waals surface area contributed by atoms with E-state index < -0.39 is 4.92 Å². The van der Waals surface area contributed by atoms with E-state index in [1.807, 2.05) is 42.5 Å². The lowest BCUT2D eigenvalue weighted by molar-refractivity contribution is -0.384. The fourth-order valence-corrected chi connectivity index (χ4v) is 4.31. The number of non-ortho nitro benzene ring substituents is 1. The summed E-state index contributed by atoms with van der Waals surface area (Å²) in [5, 5.41) is 14.8. The number of hydrogen-bond donors (Lipinski definition) is 1. The van der Waals surface area contributed by atoms with Gasteiger partial charge in [-0.2, -0.15) is 5.10 Å². The molecule has 1 fully saturated rings. The Hall–Kier alpha value is -3.47. The van der Waals surface area contributed by atoms with Gasteiger partial charge in [0.2, 0.25) is 0 Å². The number of nitro benzene ring substituents is 1. The lowest BCUT2D eigenvalue weighted by Crippen LogP contribution is -2.19. The molecule has 0 radical (unpaired) electrons. The zero-order chi connectivity index (χ0) is 23.9. The normalized spacial score (nSPS) is 13.3. The second-order valence-electron chi connectivity index (χ2n) is 7.84. The first-order valence-electron chi connectivity index (χ1n) is 10.8. The summed E-state index contributed by atoms with van der Waals surface area (Å²) in [4.78, 5) is 25.0. The number of hydrazone groups is 1. The van der Waals surface area contributed by atoms with Crippen LogP contribution < -0.4 is 15.1 Å². The van der Waals surface area contributed by atoms with Gasteiger partial charge in [-0.15, -0.1) is 0 Å². The third-order valence-electron chi connectivity index (χ3n) is 5.48. The number of hydrogen-bond acceptors (Lipinski definition) is 6. The van der Waals surface area contributed by atoms with Crippen LogP contribution in [0.5, 0.6) is 5.75 Å². The molecule has 1 aliphatic heterocycles. The molecule has 4 rings (SSSR count). The van der Waals surface area contributed by atoms with Gasteiger partial charge in [0.25, 0.3) is 11.6 Å². The largest absolute Gasteiger partial charge is 0.488 e. The topological polar surface area (TPSA) is 97.1 Å². The van der Waals surface area contributed by atoms with Crippen LogP contribution in [0.4, 0.5) is 11.4 Å². The highest BCUT2D eigenvalue weighted by molar-refractivity contribution is 14.1. The zero-order valence-corrected chi connectivity index (χ0v) is 20.5. The van der Waals surface area contributed by atoms with Crippen molar-refractivity contribution in [2.45, 2.75) is 19.4 Å². The second-order valence-corrected chi connectivity index (χ2v) is 9.00. The molecule has 1 amide bonds. The summed E-state index contributed by atoms with van der Waals surface area (Å²) in [7, 11) is 0. The van der Waals surface area contributed by atoms with E-state index in [-0.39, 0.29) is 11.6 Å². The zero-order valence-electron chi connectivity index (χ0n) is 18.3. The van der Waals surface area contributed by atoms with Crippen molar-refractivity contribution in [3.63, 3.8) is 0 Å². The molecule has 0 atom stereocenters. The Kier molecular flexibility index (Phi) is 7.73. The first-order chi connectivity index (χ1) is 16.5. The minimum absolute atomic E-state index is 0.0492. The van der Waals surface area contributed by atoms with Crippen molar-refractivity contribution in [3.8, 4) is 5.75 Å². The first kappa shape index (κ1) is 23.7. The molecule has 3 aromatic carbocycles. The fraction of sp³-hybridized carbons (Fsp3) is 0.200. The summed E-state index contributed by atoms with van der Waals surface area (Å²) in [6.45, 7) is 2.43. The number of rotatable bonds is 8. The van der Waals surface area contributed by atoms with Gasteiger partial charge in [-0.3, -0.25) is 14.9 Å². The molecule has 3 aromatic rings. The van der Waals surface area contributed by atoms with Crippen LogP contribution in [0.3, 0.4) is 0 Å². The Morgan fingerprint density at radius 1 is 1.09 bits per heavy atom. The summed E-state index contributed by atoms with van der Waals surface area (Å²) in [5.41, 5.74) is 5.97. The van der Waals surface area contributed by atoms with Crippen molar-refractivity contribution in [3.05, 3.63) is 97.1 Å². The molecule has 8 nitrogen and oxygen atoms in total. The van der Waals surface area contributed by atoms with Gasteiger partial charge in [-0.05, 0) is 101 Å². The van der Waals surface area contributed by atoms with Crippen molar-refractivity contribution in [2.24, 2.45) is 5.10 Å². The van der Waals surface area contributed by atoms with Gasteiger partial charge in [0.1, 0.15) is 12.4 Å². The van der Waals surface area contributed by atoms with Gasteiger partial charge in [0.15, 0.2) is 0 Å². The number of ether oxygens (including phenoxy) is 1. The van der Waals surface area contributed by atoms with Gasteiger partial charge in [0, 0.05) is 36.5 Å². The molecule has 34 heavy (non-hydrogen) atoms. The lowest BCUT2D eigenvalue weighted by atomic mass is 10.2. The van der Waals surface area contributed by atoms with E-state index in [4.69, 9.17) is 4.74 Å². The Bertz CT molecular complexity index is 1190. The standard InChI is InChI=1S/C25H23IN4O4/c26-23-15-19(5-12-24(23)34-17-18-3-8-22(9-4-18)30(32)33)16-27-28-25(31)20-6-10-21(11-7-20)29-13-1-2-14-29/h3-12,15-16H,1-2,13-14,17H2,(H,28,31)/b27-16-. The third kappa shape index (κ3) is 6.10. The van der Waals surface area contributed by atoms with Crippen molar-refractivity contribution in [1.82, 2.24) is 5.43 Å². The average Bonchev–Trinajstić information content (AvgIpc) is 3.39. The molecule has 0 unspecified atom stereocenters. The Balaban J connectivity index is 1.29. The number of carbonyl (C=O) groups excluding carboxylic acids is 1. The molecule has 1 heterocycles. The molecule has 1 aliphatic rings. The van der Waals surface area contributed by atoms with Gasteiger partial charge < -0.3 is 9.64 Å². The number of amides is 1. The van der Waals surface area contributed by atoms with Crippen LogP contribution in [-0.4, -0.2) is 30.1 Å². The quantitative estimate of drug-likeness (QED) is 0.175. The SMILES string of the molecule is O=C(N/N=C\c1ccc(OCc2ccc([N+](=O)[O-])cc2)c(I)c1)c1ccc(N2CCCC2)cc1. The maximum absolute atomic E-state index is 12.4. The number of halogens is 1. The Morgan fingerprint density at radius 3 is 2.44 bits per heavy atom. The van der Waals surface area contributed by atoms with Crippen molar-refractivity contribution in [2.75, 3.05) is 18.0 Å². The second kappa shape index (κ2) is 11.1. The highest BCUT2D eigenvalue weighted by Gasteiger charge is 2.13. The molecule has 0 aromatic heterocycles. The molecule has 0 saturated carbocycles. The van der Waals surface area contributed by atoms with Crippen LogP contribution in [0.15, 0.2) is 71.8 Å². The molecule has 1 saturated heterocycles. The van der Waals surface area contributed by atoms with Crippen LogP contribution in [-0.2, 0) is 6.61 Å². The van der Waals surface area contributed by atoms with E-state index in [0.29, 0.717) is 17.9 Å². The summed E-state index contributed by atoms with van der Waals surface area (Å²) in [6.07, 6.45) is 4.00. The fourth-order valence-electron chi connectivity index (χ4n) is 3.62. The Labute approximate surface area is 210 Å². The van der Waals surface area contributed by atoms with E-state index in [1.165, 1.54) is 25.0 Å². The minimum atomic E-state index is -0.429. The van der Waals surface area contributed by atoms with Crippen molar-refractivity contribution >= 4 is 46.1 Å². The van der Waals surface area contributed by atoms with Crippen molar-refractivity contribution < 1.29 is 14.5 Å². The van der Waals surface area contributed by atoms with Gasteiger partial charge in [0.05, 0.1) is 14.7 Å². The van der Waals surface area contributed by atoms with E-state index in [2.05, 4.69) is 38.0 Å². The van der Waals surface area contributed by atoms with Crippen molar-refractivity contribution in [1.29, 1.82) is 0 Å². The highest BCUT2D eigenvalue weighted by atomic mass is 127. The monoisotopic (exact) mass is 570 g/mol. The highest BCUT2D eigenvalue weighted by Crippen LogP contribution is 2.23. The van der Waals surface area contributed by atoms with Gasteiger partial charge >= 0.3 is 0 Å². The molecular weight excluding hydrogens is 547 g/mol. The molecule has 0 bridgehead atoms. The van der Waals surface area contributed by atoms with Gasteiger partial charge in [-0.25, -0.2) is 5.43 Å². The van der Waals surface area contributed by atoms with E-state index in [1.54, 1.807) is 18.3 Å². The maximum Gasteiger partial charge on any atom is 0.271 e. The molecule has 9 heteroatoms. The number of nitrogens with one attached hydrogen (secondary N) is 1. The molecule has 174 valence electrons. The summed E-state index contributed by atoms with van der Waals surface area (Å²) < 4.78 is 6.71. The van der Waals surface area contributed by atoms with Crippen LogP contribution in [0.1, 0.15) is 34.3 Å². The minimum Gasteiger partial charge on any atom is -0.488 e. The molecular formula is C25H23IN4O4. The summed E-state index contributed by atoms with van der Waals surface area (Å²) in [5.74, 6) is 0.431. The van der Waals surface area contributed by atoms with Crippen LogP contribution >= 0.6 is 22.6 Å². The maximum atomic E-state index is 12.4. The molecule has 1 N–H and O–H groups in total. The van der Waals surface area contributed by atoms with Crippen LogP contribution in [0.25, 0.3) is 0 Å². The smallest absolute Gasteiger partial charge is 0.271 e. The number of nitro groups is 1. The van der Waals surface area contributed by atoms with Gasteiger partial charge in [-0.1, -0.05) is 0 Å². The molecule has 0 aliphatic carbocycles.